The summed E-state index contributed by atoms with van der Waals surface area (Å²) in [6.07, 6.45) is 8.15. The van der Waals surface area contributed by atoms with Crippen LogP contribution >= 0.6 is 0 Å². The Balaban J connectivity index is 1.25. The van der Waals surface area contributed by atoms with E-state index in [9.17, 15) is 9.59 Å². The lowest BCUT2D eigenvalue weighted by atomic mass is 9.78. The normalized spacial score (nSPS) is 21.9. The molecule has 148 valence electrons. The van der Waals surface area contributed by atoms with Gasteiger partial charge in [0.25, 0.3) is 0 Å². The molecule has 4 heteroatoms. The molecule has 4 rings (SSSR count). The van der Waals surface area contributed by atoms with E-state index in [1.54, 1.807) is 0 Å². The van der Waals surface area contributed by atoms with Crippen LogP contribution in [0.4, 0.5) is 0 Å². The number of likely N-dealkylation sites (tertiary alicyclic amines) is 1. The van der Waals surface area contributed by atoms with Crippen LogP contribution in [0.25, 0.3) is 10.8 Å². The molecule has 0 aromatic heterocycles. The van der Waals surface area contributed by atoms with E-state index in [0.717, 1.165) is 30.3 Å². The fraction of sp³-hybridized carbons (Fsp3) is 0.500. The van der Waals surface area contributed by atoms with Crippen molar-refractivity contribution < 1.29 is 9.59 Å². The first kappa shape index (κ1) is 19.0. The van der Waals surface area contributed by atoms with Crippen molar-refractivity contribution in [2.75, 3.05) is 13.1 Å². The van der Waals surface area contributed by atoms with Crippen LogP contribution in [0.3, 0.4) is 0 Å². The molecule has 2 fully saturated rings. The summed E-state index contributed by atoms with van der Waals surface area (Å²) in [5.74, 6) is 0.897. The number of nitrogens with one attached hydrogen (secondary N) is 1. The quantitative estimate of drug-likeness (QED) is 0.853. The van der Waals surface area contributed by atoms with Crippen LogP contribution in [-0.4, -0.2) is 35.8 Å². The topological polar surface area (TPSA) is 49.4 Å². The maximum absolute atomic E-state index is 12.7. The fourth-order valence-corrected chi connectivity index (χ4v) is 4.98. The molecule has 1 aliphatic carbocycles. The highest BCUT2D eigenvalue weighted by Gasteiger charge is 2.35. The molecule has 1 N–H and O–H groups in total. The van der Waals surface area contributed by atoms with E-state index in [-0.39, 0.29) is 11.8 Å². The molecular formula is C24H30N2O2. The van der Waals surface area contributed by atoms with E-state index in [1.165, 1.54) is 31.1 Å². The highest BCUT2D eigenvalue weighted by atomic mass is 16.2. The molecule has 1 aliphatic heterocycles. The van der Waals surface area contributed by atoms with Gasteiger partial charge in [-0.25, -0.2) is 0 Å². The summed E-state index contributed by atoms with van der Waals surface area (Å²) in [5.41, 5.74) is 1.00. The first-order valence-corrected chi connectivity index (χ1v) is 10.7. The van der Waals surface area contributed by atoms with E-state index in [0.29, 0.717) is 31.3 Å². The second-order valence-corrected chi connectivity index (χ2v) is 8.30. The number of nitrogens with zero attached hydrogens (tertiary/aromatic N) is 1. The highest BCUT2D eigenvalue weighted by Crippen LogP contribution is 2.35. The molecule has 4 nitrogen and oxygen atoms in total. The molecule has 2 aliphatic rings. The highest BCUT2D eigenvalue weighted by molar-refractivity contribution is 5.85. The van der Waals surface area contributed by atoms with Crippen molar-refractivity contribution in [3.63, 3.8) is 0 Å². The molecule has 2 aromatic carbocycles. The van der Waals surface area contributed by atoms with E-state index in [2.05, 4.69) is 34.5 Å². The Labute approximate surface area is 167 Å². The van der Waals surface area contributed by atoms with E-state index in [1.807, 2.05) is 18.2 Å². The van der Waals surface area contributed by atoms with Crippen molar-refractivity contribution in [3.05, 3.63) is 48.0 Å². The predicted molar refractivity (Wildman–Crippen MR) is 112 cm³/mol. The number of hydrogen-bond donors (Lipinski definition) is 1. The molecule has 2 aromatic rings. The van der Waals surface area contributed by atoms with Crippen LogP contribution in [0.1, 0.15) is 50.5 Å². The summed E-state index contributed by atoms with van der Waals surface area (Å²) in [7, 11) is 0. The third-order valence-corrected chi connectivity index (χ3v) is 6.40. The Morgan fingerprint density at radius 2 is 1.75 bits per heavy atom. The number of carbonyl (C=O) groups is 2. The molecule has 0 bridgehead atoms. The second-order valence-electron chi connectivity index (χ2n) is 8.30. The van der Waals surface area contributed by atoms with Gasteiger partial charge in [0.2, 0.25) is 11.8 Å². The number of rotatable bonds is 5. The number of fused-ring (bicyclic) bond motifs is 2. The van der Waals surface area contributed by atoms with Crippen molar-refractivity contribution in [2.24, 2.45) is 5.92 Å². The van der Waals surface area contributed by atoms with E-state index >= 15 is 0 Å². The van der Waals surface area contributed by atoms with Crippen LogP contribution in [0.2, 0.25) is 0 Å². The molecule has 28 heavy (non-hydrogen) atoms. The van der Waals surface area contributed by atoms with Gasteiger partial charge >= 0.3 is 0 Å². The van der Waals surface area contributed by atoms with Gasteiger partial charge in [0, 0.05) is 25.6 Å². The zero-order chi connectivity index (χ0) is 19.3. The molecule has 0 spiro atoms. The first-order valence-electron chi connectivity index (χ1n) is 10.7. The van der Waals surface area contributed by atoms with Crippen LogP contribution in [0.15, 0.2) is 42.5 Å². The molecule has 1 saturated heterocycles. The van der Waals surface area contributed by atoms with Crippen LogP contribution in [0.5, 0.6) is 0 Å². The lowest BCUT2D eigenvalue weighted by Gasteiger charge is -2.44. The molecular weight excluding hydrogens is 348 g/mol. The maximum Gasteiger partial charge on any atom is 0.224 e. The summed E-state index contributed by atoms with van der Waals surface area (Å²) in [6.45, 7) is 1.32. The van der Waals surface area contributed by atoms with E-state index < -0.39 is 0 Å². The van der Waals surface area contributed by atoms with Crippen molar-refractivity contribution in [2.45, 2.75) is 57.4 Å². The third kappa shape index (κ3) is 4.37. The number of amides is 2. The van der Waals surface area contributed by atoms with Crippen molar-refractivity contribution in [1.29, 1.82) is 0 Å². The summed E-state index contributed by atoms with van der Waals surface area (Å²) in [4.78, 5) is 27.1. The van der Waals surface area contributed by atoms with Gasteiger partial charge in [0.15, 0.2) is 0 Å². The number of hydrogen-bond acceptors (Lipinski definition) is 2. The van der Waals surface area contributed by atoms with E-state index in [4.69, 9.17) is 0 Å². The van der Waals surface area contributed by atoms with Gasteiger partial charge < -0.3 is 10.2 Å². The zero-order valence-corrected chi connectivity index (χ0v) is 16.5. The summed E-state index contributed by atoms with van der Waals surface area (Å²) >= 11 is 0. The minimum Gasteiger partial charge on any atom is -0.355 e. The molecule has 0 radical (unpaired) electrons. The molecule has 1 saturated carbocycles. The van der Waals surface area contributed by atoms with Crippen molar-refractivity contribution >= 4 is 22.6 Å². The predicted octanol–water partition coefficient (Wildman–Crippen LogP) is 4.07. The molecule has 2 unspecified atom stereocenters. The van der Waals surface area contributed by atoms with Crippen LogP contribution in [0, 0.1) is 5.92 Å². The summed E-state index contributed by atoms with van der Waals surface area (Å²) < 4.78 is 0. The minimum atomic E-state index is -0.0164. The fourth-order valence-electron chi connectivity index (χ4n) is 4.98. The number of benzene rings is 2. The van der Waals surface area contributed by atoms with Crippen LogP contribution < -0.4 is 5.32 Å². The second kappa shape index (κ2) is 8.76. The van der Waals surface area contributed by atoms with Gasteiger partial charge in [-0.05, 0) is 47.9 Å². The lowest BCUT2D eigenvalue weighted by molar-refractivity contribution is -0.137. The minimum absolute atomic E-state index is 0.0164. The molecule has 2 amide bonds. The average Bonchev–Trinajstić information content (AvgIpc) is 2.73. The van der Waals surface area contributed by atoms with Gasteiger partial charge in [-0.15, -0.1) is 0 Å². The van der Waals surface area contributed by atoms with Gasteiger partial charge in [-0.1, -0.05) is 55.3 Å². The molecule has 1 heterocycles. The van der Waals surface area contributed by atoms with Gasteiger partial charge in [-0.2, -0.15) is 0 Å². The van der Waals surface area contributed by atoms with Crippen molar-refractivity contribution in [3.8, 4) is 0 Å². The summed E-state index contributed by atoms with van der Waals surface area (Å²) in [6, 6.07) is 14.7. The first-order chi connectivity index (χ1) is 13.7. The SMILES string of the molecule is O=C(Cc1ccc2ccccc2c1)NCCC(=O)N1CCCC2CCCCC21. The largest absolute Gasteiger partial charge is 0.355 e. The monoisotopic (exact) mass is 378 g/mol. The van der Waals surface area contributed by atoms with Gasteiger partial charge in [-0.3, -0.25) is 9.59 Å². The van der Waals surface area contributed by atoms with Crippen LogP contribution in [-0.2, 0) is 16.0 Å². The van der Waals surface area contributed by atoms with Crippen molar-refractivity contribution in [1.82, 2.24) is 10.2 Å². The Bertz CT molecular complexity index is 845. The maximum atomic E-state index is 12.7. The number of carbonyl (C=O) groups excluding carboxylic acids is 2. The lowest BCUT2D eigenvalue weighted by Crippen LogP contribution is -2.50. The smallest absolute Gasteiger partial charge is 0.224 e. The Kier molecular flexibility index (Phi) is 5.94. The standard InChI is InChI=1S/C24H30N2O2/c27-23(17-18-11-12-19-6-1-2-8-21(19)16-18)25-14-13-24(28)26-15-5-9-20-7-3-4-10-22(20)26/h1-2,6,8,11-12,16,20,22H,3-5,7,9-10,13-15,17H2,(H,25,27). The average molecular weight is 379 g/mol. The molecule has 2 atom stereocenters. The third-order valence-electron chi connectivity index (χ3n) is 6.40. The van der Waals surface area contributed by atoms with Gasteiger partial charge in [0.05, 0.1) is 6.42 Å². The Morgan fingerprint density at radius 3 is 2.64 bits per heavy atom. The van der Waals surface area contributed by atoms with Gasteiger partial charge in [0.1, 0.15) is 0 Å². The number of piperidine rings is 1. The zero-order valence-electron chi connectivity index (χ0n) is 16.5. The Hall–Kier alpha value is -2.36. The summed E-state index contributed by atoms with van der Waals surface area (Å²) in [5, 5.41) is 5.26. The Morgan fingerprint density at radius 1 is 0.964 bits per heavy atom.